The molecule has 1 rings (SSSR count). The van der Waals surface area contributed by atoms with Crippen LogP contribution in [-0.2, 0) is 11.2 Å². The number of carbonyl (C=O) groups is 1. The van der Waals surface area contributed by atoms with E-state index in [-0.39, 0.29) is 0 Å². The molecule has 1 aromatic carbocycles. The predicted octanol–water partition coefficient (Wildman–Crippen LogP) is 5.08. The number of allylic oxidation sites excluding steroid dienone is 5. The van der Waals surface area contributed by atoms with Crippen LogP contribution in [0.5, 0.6) is 0 Å². The van der Waals surface area contributed by atoms with E-state index in [0.29, 0.717) is 0 Å². The molecule has 2 nitrogen and oxygen atoms in total. The van der Waals surface area contributed by atoms with Crippen LogP contribution in [0.1, 0.15) is 42.5 Å². The first kappa shape index (κ1) is 18.0. The van der Waals surface area contributed by atoms with E-state index < -0.39 is 5.97 Å². The number of rotatable bonds is 6. The summed E-state index contributed by atoms with van der Waals surface area (Å²) in [7, 11) is 0. The van der Waals surface area contributed by atoms with Gasteiger partial charge < -0.3 is 5.11 Å². The highest BCUT2D eigenvalue weighted by atomic mass is 16.4. The van der Waals surface area contributed by atoms with Crippen molar-refractivity contribution >= 4 is 5.97 Å². The lowest BCUT2D eigenvalue weighted by molar-refractivity contribution is -0.131. The number of carboxylic acids is 1. The highest BCUT2D eigenvalue weighted by Crippen LogP contribution is 2.20. The van der Waals surface area contributed by atoms with Gasteiger partial charge in [0.1, 0.15) is 0 Å². The number of benzene rings is 1. The van der Waals surface area contributed by atoms with E-state index in [4.69, 9.17) is 5.11 Å². The van der Waals surface area contributed by atoms with Gasteiger partial charge in [0, 0.05) is 6.08 Å². The van der Waals surface area contributed by atoms with Crippen molar-refractivity contribution in [1.29, 1.82) is 0 Å². The second kappa shape index (κ2) is 8.38. The monoisotopic (exact) mass is 298 g/mol. The fraction of sp³-hybridized carbons (Fsp3) is 0.350. The molecule has 0 radical (unpaired) electrons. The number of hydrogen-bond acceptors (Lipinski definition) is 1. The molecule has 0 unspecified atom stereocenters. The normalized spacial score (nSPS) is 13.0. The molecule has 118 valence electrons. The highest BCUT2D eigenvalue weighted by molar-refractivity contribution is 5.81. The average molecular weight is 298 g/mol. The Morgan fingerprint density at radius 1 is 1.14 bits per heavy atom. The van der Waals surface area contributed by atoms with Gasteiger partial charge in [0.05, 0.1) is 0 Å². The van der Waals surface area contributed by atoms with Crippen molar-refractivity contribution in [3.8, 4) is 0 Å². The highest BCUT2D eigenvalue weighted by Gasteiger charge is 2.05. The van der Waals surface area contributed by atoms with Gasteiger partial charge in [-0.25, -0.2) is 4.79 Å². The number of aliphatic carboxylic acids is 1. The van der Waals surface area contributed by atoms with Crippen molar-refractivity contribution < 1.29 is 9.90 Å². The smallest absolute Gasteiger partial charge is 0.328 e. The molecule has 0 saturated heterocycles. The van der Waals surface area contributed by atoms with Gasteiger partial charge in [0.15, 0.2) is 0 Å². The van der Waals surface area contributed by atoms with Crippen LogP contribution in [0.3, 0.4) is 0 Å². The van der Waals surface area contributed by atoms with E-state index in [1.165, 1.54) is 33.9 Å². The third-order valence-corrected chi connectivity index (χ3v) is 3.96. The first-order valence-electron chi connectivity index (χ1n) is 7.62. The van der Waals surface area contributed by atoms with Crippen LogP contribution in [0.25, 0.3) is 0 Å². The lowest BCUT2D eigenvalue weighted by atomic mass is 9.93. The topological polar surface area (TPSA) is 37.3 Å². The van der Waals surface area contributed by atoms with Crippen LogP contribution < -0.4 is 0 Å². The molecule has 0 fully saturated rings. The Hall–Kier alpha value is -2.09. The minimum atomic E-state index is -0.909. The minimum Gasteiger partial charge on any atom is -0.478 e. The van der Waals surface area contributed by atoms with Crippen molar-refractivity contribution in [1.82, 2.24) is 0 Å². The zero-order valence-corrected chi connectivity index (χ0v) is 14.2. The first-order chi connectivity index (χ1) is 10.3. The maximum Gasteiger partial charge on any atom is 0.328 e. The second-order valence-electron chi connectivity index (χ2n) is 5.90. The summed E-state index contributed by atoms with van der Waals surface area (Å²) >= 11 is 0. The Balaban J connectivity index is 2.69. The third kappa shape index (κ3) is 5.72. The van der Waals surface area contributed by atoms with E-state index in [0.717, 1.165) is 18.4 Å². The largest absolute Gasteiger partial charge is 0.478 e. The molecule has 0 heterocycles. The zero-order valence-electron chi connectivity index (χ0n) is 14.2. The molecule has 1 N–H and O–H groups in total. The van der Waals surface area contributed by atoms with Crippen molar-refractivity contribution in [3.63, 3.8) is 0 Å². The summed E-state index contributed by atoms with van der Waals surface area (Å²) in [6.07, 6.45) is 9.05. The van der Waals surface area contributed by atoms with Crippen LogP contribution >= 0.6 is 0 Å². The molecule has 22 heavy (non-hydrogen) atoms. The average Bonchev–Trinajstić information content (AvgIpc) is 2.42. The molecular weight excluding hydrogens is 272 g/mol. The van der Waals surface area contributed by atoms with Crippen molar-refractivity contribution in [3.05, 3.63) is 69.8 Å². The van der Waals surface area contributed by atoms with Crippen molar-refractivity contribution in [2.45, 2.75) is 47.5 Å². The lowest BCUT2D eigenvalue weighted by Crippen LogP contribution is -1.97. The molecule has 0 aliphatic heterocycles. The van der Waals surface area contributed by atoms with E-state index in [1.807, 2.05) is 12.2 Å². The molecule has 0 aliphatic carbocycles. The molecule has 0 aromatic heterocycles. The molecule has 0 spiro atoms. The van der Waals surface area contributed by atoms with Gasteiger partial charge in [-0.3, -0.25) is 0 Å². The van der Waals surface area contributed by atoms with Gasteiger partial charge in [0.25, 0.3) is 0 Å². The molecule has 0 bridgehead atoms. The van der Waals surface area contributed by atoms with Crippen LogP contribution in [-0.4, -0.2) is 11.1 Å². The van der Waals surface area contributed by atoms with E-state index in [2.05, 4.69) is 45.9 Å². The molecule has 1 aromatic rings. The summed E-state index contributed by atoms with van der Waals surface area (Å²) in [6.45, 7) is 10.4. The Labute approximate surface area is 133 Å². The Morgan fingerprint density at radius 3 is 2.41 bits per heavy atom. The van der Waals surface area contributed by atoms with Gasteiger partial charge in [-0.15, -0.1) is 0 Å². The molecule has 2 heteroatoms. The predicted molar refractivity (Wildman–Crippen MR) is 93.3 cm³/mol. The molecule has 0 atom stereocenters. The van der Waals surface area contributed by atoms with Crippen LogP contribution in [0, 0.1) is 20.8 Å². The van der Waals surface area contributed by atoms with Crippen LogP contribution in [0.2, 0.25) is 0 Å². The van der Waals surface area contributed by atoms with Gasteiger partial charge >= 0.3 is 5.97 Å². The van der Waals surface area contributed by atoms with Gasteiger partial charge in [-0.2, -0.15) is 0 Å². The number of aryl methyl sites for hydroxylation is 2. The van der Waals surface area contributed by atoms with E-state index in [9.17, 15) is 4.79 Å². The first-order valence-corrected chi connectivity index (χ1v) is 7.62. The molecule has 0 amide bonds. The summed E-state index contributed by atoms with van der Waals surface area (Å²) in [4.78, 5) is 10.5. The Kier molecular flexibility index (Phi) is 6.84. The van der Waals surface area contributed by atoms with Crippen LogP contribution in [0.4, 0.5) is 0 Å². The minimum absolute atomic E-state index is 0.738. The van der Waals surface area contributed by atoms with Gasteiger partial charge in [-0.1, -0.05) is 35.9 Å². The fourth-order valence-electron chi connectivity index (χ4n) is 2.41. The summed E-state index contributed by atoms with van der Waals surface area (Å²) in [6, 6.07) is 4.37. The molecular formula is C20H26O2. The number of carboxylic acid groups (broad SMARTS) is 1. The van der Waals surface area contributed by atoms with Gasteiger partial charge in [0.2, 0.25) is 0 Å². The quantitative estimate of drug-likeness (QED) is 0.587. The van der Waals surface area contributed by atoms with E-state index in [1.54, 1.807) is 6.92 Å². The van der Waals surface area contributed by atoms with Crippen molar-refractivity contribution in [2.75, 3.05) is 0 Å². The standard InChI is InChI=1S/C20H26O2/c1-14(7-6-8-15(2)13-20(21)22)9-12-19-17(4)11-10-16(3)18(19)5/h6-8,10-11,13H,9,12H2,1-5H3,(H,21,22). The maximum absolute atomic E-state index is 10.5. The summed E-state index contributed by atoms with van der Waals surface area (Å²) in [5, 5.41) is 8.65. The Bertz CT molecular complexity index is 631. The van der Waals surface area contributed by atoms with Gasteiger partial charge in [-0.05, 0) is 75.3 Å². The summed E-state index contributed by atoms with van der Waals surface area (Å²) in [5.41, 5.74) is 7.56. The second-order valence-corrected chi connectivity index (χ2v) is 5.90. The van der Waals surface area contributed by atoms with E-state index >= 15 is 0 Å². The van der Waals surface area contributed by atoms with Crippen molar-refractivity contribution in [2.24, 2.45) is 0 Å². The molecule has 0 aliphatic rings. The molecule has 0 saturated carbocycles. The third-order valence-electron chi connectivity index (χ3n) is 3.96. The Morgan fingerprint density at radius 2 is 1.77 bits per heavy atom. The maximum atomic E-state index is 10.5. The SMILES string of the molecule is CC(C=CC=C(C)CCc1c(C)ccc(C)c1C)=CC(=O)O. The lowest BCUT2D eigenvalue weighted by Gasteiger charge is -2.12. The van der Waals surface area contributed by atoms with Crippen LogP contribution in [0.15, 0.2) is 47.6 Å². The summed E-state index contributed by atoms with van der Waals surface area (Å²) in [5.74, 6) is -0.909. The fourth-order valence-corrected chi connectivity index (χ4v) is 2.41. The zero-order chi connectivity index (χ0) is 16.7. The number of hydrogen-bond donors (Lipinski definition) is 1. The summed E-state index contributed by atoms with van der Waals surface area (Å²) < 4.78 is 0.